The van der Waals surface area contributed by atoms with E-state index in [0.717, 1.165) is 30.3 Å². The lowest BCUT2D eigenvalue weighted by molar-refractivity contribution is -0.136. The van der Waals surface area contributed by atoms with E-state index in [-0.39, 0.29) is 23.7 Å². The summed E-state index contributed by atoms with van der Waals surface area (Å²) in [5.41, 5.74) is -0.737. The van der Waals surface area contributed by atoms with Crippen molar-refractivity contribution in [2.24, 2.45) is 5.92 Å². The van der Waals surface area contributed by atoms with E-state index in [9.17, 15) is 27.2 Å². The molecule has 1 N–H and O–H groups in total. The summed E-state index contributed by atoms with van der Waals surface area (Å²) in [5, 5.41) is 2.45. The first-order valence-corrected chi connectivity index (χ1v) is 10.3. The maximum absolute atomic E-state index is 13.9. The number of hydrogen-bond acceptors (Lipinski definition) is 3. The molecule has 32 heavy (non-hydrogen) atoms. The maximum atomic E-state index is 13.9. The molecule has 0 spiro atoms. The molecule has 3 rings (SSSR count). The van der Waals surface area contributed by atoms with Gasteiger partial charge in [0.1, 0.15) is 35.2 Å². The quantitative estimate of drug-likeness (QED) is 0.673. The summed E-state index contributed by atoms with van der Waals surface area (Å²) < 4.78 is 60.3. The van der Waals surface area contributed by atoms with E-state index in [2.05, 4.69) is 5.32 Å². The van der Waals surface area contributed by atoms with Crippen molar-refractivity contribution in [3.05, 3.63) is 65.2 Å². The Kier molecular flexibility index (Phi) is 7.37. The average molecular weight is 452 g/mol. The molecule has 1 unspecified atom stereocenters. The van der Waals surface area contributed by atoms with Gasteiger partial charge in [0.25, 0.3) is 5.91 Å². The van der Waals surface area contributed by atoms with Crippen LogP contribution in [-0.2, 0) is 4.79 Å². The van der Waals surface area contributed by atoms with Crippen LogP contribution in [0.4, 0.5) is 17.6 Å². The molecule has 0 aliphatic carbocycles. The monoisotopic (exact) mass is 452 g/mol. The Morgan fingerprint density at radius 2 is 1.62 bits per heavy atom. The SMILES string of the molecule is CC(C)C(NC(=O)c1c(F)cccc1F)C(=O)N1CCC(Oc2ccc(F)cc2F)CC1. The predicted molar refractivity (Wildman–Crippen MR) is 109 cm³/mol. The summed E-state index contributed by atoms with van der Waals surface area (Å²) >= 11 is 0. The van der Waals surface area contributed by atoms with E-state index in [4.69, 9.17) is 4.74 Å². The lowest BCUT2D eigenvalue weighted by Gasteiger charge is -2.35. The molecule has 1 fully saturated rings. The molecular formula is C23H24F4N2O3. The number of amides is 2. The van der Waals surface area contributed by atoms with Crippen molar-refractivity contribution in [2.45, 2.75) is 38.8 Å². The first kappa shape index (κ1) is 23.6. The molecule has 0 saturated carbocycles. The molecule has 9 heteroatoms. The molecule has 1 heterocycles. The molecule has 0 bridgehead atoms. The summed E-state index contributed by atoms with van der Waals surface area (Å²) in [6.45, 7) is 4.01. The molecule has 2 aromatic carbocycles. The van der Waals surface area contributed by atoms with Crippen molar-refractivity contribution in [1.82, 2.24) is 10.2 Å². The Bertz CT molecular complexity index is 971. The second-order valence-corrected chi connectivity index (χ2v) is 8.01. The minimum atomic E-state index is -1.01. The van der Waals surface area contributed by atoms with Gasteiger partial charge in [0, 0.05) is 32.0 Å². The maximum Gasteiger partial charge on any atom is 0.257 e. The molecule has 5 nitrogen and oxygen atoms in total. The number of nitrogens with one attached hydrogen (secondary N) is 1. The molecule has 0 radical (unpaired) electrons. The van der Waals surface area contributed by atoms with Gasteiger partial charge in [-0.15, -0.1) is 0 Å². The van der Waals surface area contributed by atoms with Crippen molar-refractivity contribution >= 4 is 11.8 Å². The molecule has 1 saturated heterocycles. The van der Waals surface area contributed by atoms with Crippen molar-refractivity contribution < 1.29 is 31.9 Å². The zero-order valence-electron chi connectivity index (χ0n) is 17.7. The van der Waals surface area contributed by atoms with E-state index >= 15 is 0 Å². The van der Waals surface area contributed by atoms with Gasteiger partial charge in [-0.25, -0.2) is 17.6 Å². The van der Waals surface area contributed by atoms with Crippen molar-refractivity contribution in [1.29, 1.82) is 0 Å². The van der Waals surface area contributed by atoms with Crippen LogP contribution in [0, 0.1) is 29.2 Å². The van der Waals surface area contributed by atoms with Gasteiger partial charge in [0.2, 0.25) is 5.91 Å². The van der Waals surface area contributed by atoms with Crippen LogP contribution in [-0.4, -0.2) is 41.9 Å². The minimum Gasteiger partial charge on any atom is -0.487 e. The van der Waals surface area contributed by atoms with Crippen LogP contribution in [0.15, 0.2) is 36.4 Å². The largest absolute Gasteiger partial charge is 0.487 e. The highest BCUT2D eigenvalue weighted by Gasteiger charge is 2.33. The summed E-state index contributed by atoms with van der Waals surface area (Å²) in [6, 6.07) is 5.17. The molecule has 1 atom stereocenters. The fraction of sp³-hybridized carbons (Fsp3) is 0.391. The van der Waals surface area contributed by atoms with Crippen molar-refractivity contribution in [2.75, 3.05) is 13.1 Å². The van der Waals surface area contributed by atoms with Crippen molar-refractivity contribution in [3.63, 3.8) is 0 Å². The highest BCUT2D eigenvalue weighted by atomic mass is 19.1. The van der Waals surface area contributed by atoms with E-state index in [0.29, 0.717) is 25.9 Å². The van der Waals surface area contributed by atoms with Crippen LogP contribution in [0.2, 0.25) is 0 Å². The molecule has 172 valence electrons. The number of likely N-dealkylation sites (tertiary alicyclic amines) is 1. The van der Waals surface area contributed by atoms with Gasteiger partial charge in [-0.2, -0.15) is 0 Å². The lowest BCUT2D eigenvalue weighted by Crippen LogP contribution is -2.54. The number of nitrogens with zero attached hydrogens (tertiary/aromatic N) is 1. The van der Waals surface area contributed by atoms with Crippen LogP contribution in [0.25, 0.3) is 0 Å². The molecule has 1 aliphatic rings. The Labute approximate surface area is 183 Å². The van der Waals surface area contributed by atoms with E-state index < -0.39 is 40.8 Å². The highest BCUT2D eigenvalue weighted by Crippen LogP contribution is 2.24. The van der Waals surface area contributed by atoms with E-state index in [1.165, 1.54) is 11.0 Å². The number of ether oxygens (including phenoxy) is 1. The molecular weight excluding hydrogens is 428 g/mol. The van der Waals surface area contributed by atoms with Crippen LogP contribution in [0.5, 0.6) is 5.75 Å². The fourth-order valence-electron chi connectivity index (χ4n) is 3.58. The van der Waals surface area contributed by atoms with Gasteiger partial charge >= 0.3 is 0 Å². The highest BCUT2D eigenvalue weighted by molar-refractivity contribution is 5.98. The van der Waals surface area contributed by atoms with Gasteiger partial charge in [0.15, 0.2) is 11.6 Å². The Morgan fingerprint density at radius 3 is 2.19 bits per heavy atom. The zero-order chi connectivity index (χ0) is 23.4. The summed E-state index contributed by atoms with van der Waals surface area (Å²) in [5.74, 6) is -5.29. The second-order valence-electron chi connectivity index (χ2n) is 8.01. The number of benzene rings is 2. The number of rotatable bonds is 6. The Morgan fingerprint density at radius 1 is 1.00 bits per heavy atom. The van der Waals surface area contributed by atoms with Gasteiger partial charge in [-0.05, 0) is 30.2 Å². The number of halogens is 4. The lowest BCUT2D eigenvalue weighted by atomic mass is 9.99. The average Bonchev–Trinajstić information content (AvgIpc) is 2.74. The van der Waals surface area contributed by atoms with Crippen LogP contribution >= 0.6 is 0 Å². The van der Waals surface area contributed by atoms with Gasteiger partial charge in [0.05, 0.1) is 0 Å². The van der Waals surface area contributed by atoms with Crippen LogP contribution < -0.4 is 10.1 Å². The topological polar surface area (TPSA) is 58.6 Å². The first-order chi connectivity index (χ1) is 15.2. The van der Waals surface area contributed by atoms with Gasteiger partial charge < -0.3 is 15.0 Å². The smallest absolute Gasteiger partial charge is 0.257 e. The number of carbonyl (C=O) groups is 2. The normalized spacial score (nSPS) is 15.5. The van der Waals surface area contributed by atoms with Crippen molar-refractivity contribution in [3.8, 4) is 5.75 Å². The minimum absolute atomic E-state index is 0.0598. The molecule has 0 aromatic heterocycles. The van der Waals surface area contributed by atoms with E-state index in [1.54, 1.807) is 13.8 Å². The summed E-state index contributed by atoms with van der Waals surface area (Å²) in [6.07, 6.45) is 0.450. The number of hydrogen-bond donors (Lipinski definition) is 1. The third-order valence-electron chi connectivity index (χ3n) is 5.35. The van der Waals surface area contributed by atoms with E-state index in [1.807, 2.05) is 0 Å². The molecule has 1 aliphatic heterocycles. The third kappa shape index (κ3) is 5.38. The second kappa shape index (κ2) is 10.0. The Balaban J connectivity index is 1.62. The van der Waals surface area contributed by atoms with Gasteiger partial charge in [-0.3, -0.25) is 9.59 Å². The van der Waals surface area contributed by atoms with Crippen LogP contribution in [0.3, 0.4) is 0 Å². The van der Waals surface area contributed by atoms with Gasteiger partial charge in [-0.1, -0.05) is 19.9 Å². The fourth-order valence-corrected chi connectivity index (χ4v) is 3.58. The predicted octanol–water partition coefficient (Wildman–Crippen LogP) is 4.07. The molecule has 2 amide bonds. The van der Waals surface area contributed by atoms with Crippen LogP contribution in [0.1, 0.15) is 37.0 Å². The number of piperidine rings is 1. The first-order valence-electron chi connectivity index (χ1n) is 10.3. The molecule has 2 aromatic rings. The number of carbonyl (C=O) groups excluding carboxylic acids is 2. The zero-order valence-corrected chi connectivity index (χ0v) is 17.7. The summed E-state index contributed by atoms with van der Waals surface area (Å²) in [7, 11) is 0. The standard InChI is InChI=1S/C23H24F4N2O3/c1-13(2)21(28-22(30)20-16(25)4-3-5-17(20)26)23(31)29-10-8-15(9-11-29)32-19-7-6-14(24)12-18(19)27/h3-7,12-13,15,21H,8-11H2,1-2H3,(H,28,30). The third-order valence-corrected chi connectivity index (χ3v) is 5.35. The Hall–Kier alpha value is -3.10. The summed E-state index contributed by atoms with van der Waals surface area (Å²) in [4.78, 5) is 27.0.